The average Bonchev–Trinajstić information content (AvgIpc) is 3.62. The van der Waals surface area contributed by atoms with E-state index in [2.05, 4.69) is 78.8 Å². The van der Waals surface area contributed by atoms with E-state index in [0.29, 0.717) is 17.8 Å². The van der Waals surface area contributed by atoms with Crippen molar-refractivity contribution in [3.8, 4) is 0 Å². The van der Waals surface area contributed by atoms with Crippen LogP contribution >= 0.6 is 0 Å². The third-order valence-electron chi connectivity index (χ3n) is 17.5. The second kappa shape index (κ2) is 25.4. The Kier molecular flexibility index (Phi) is 21.1. The normalized spacial score (nSPS) is 35.8. The van der Waals surface area contributed by atoms with E-state index >= 15 is 0 Å². The summed E-state index contributed by atoms with van der Waals surface area (Å²) in [6, 6.07) is 0. The van der Waals surface area contributed by atoms with Crippen molar-refractivity contribution >= 4 is 5.97 Å². The predicted octanol–water partition coefficient (Wildman–Crippen LogP) is 13.0. The molecule has 356 valence electrons. The number of aliphatic hydroxyl groups is 3. The van der Waals surface area contributed by atoms with Gasteiger partial charge in [-0.3, -0.25) is 4.79 Å². The molecular formula is C55H94O7. The summed E-state index contributed by atoms with van der Waals surface area (Å²) in [6.45, 7) is 17.0. The van der Waals surface area contributed by atoms with Crippen molar-refractivity contribution in [2.45, 2.75) is 246 Å². The molecule has 1 heterocycles. The number of hydrogen-bond donors (Lipinski definition) is 3. The summed E-state index contributed by atoms with van der Waals surface area (Å²) in [4.78, 5) is 12.6. The van der Waals surface area contributed by atoms with E-state index in [1.54, 1.807) is 0 Å². The molecule has 62 heavy (non-hydrogen) atoms. The van der Waals surface area contributed by atoms with E-state index in [4.69, 9.17) is 14.2 Å². The molecule has 0 aromatic rings. The van der Waals surface area contributed by atoms with Gasteiger partial charge in [-0.25, -0.2) is 0 Å². The molecule has 4 aliphatic carbocycles. The number of rotatable bonds is 26. The number of carbonyl (C=O) groups is 1. The number of aliphatic hydroxyl groups excluding tert-OH is 3. The molecule has 0 unspecified atom stereocenters. The summed E-state index contributed by atoms with van der Waals surface area (Å²) in [6.07, 6.45) is 34.1. The maximum Gasteiger partial charge on any atom is 0.305 e. The third-order valence-corrected chi connectivity index (χ3v) is 17.5. The van der Waals surface area contributed by atoms with Crippen molar-refractivity contribution < 1.29 is 34.3 Å². The van der Waals surface area contributed by atoms with Crippen molar-refractivity contribution in [3.63, 3.8) is 0 Å². The van der Waals surface area contributed by atoms with Crippen LogP contribution in [0.15, 0.2) is 36.0 Å². The highest BCUT2D eigenvalue weighted by Crippen LogP contribution is 2.67. The van der Waals surface area contributed by atoms with Crippen LogP contribution in [0.5, 0.6) is 0 Å². The van der Waals surface area contributed by atoms with E-state index in [-0.39, 0.29) is 24.1 Å². The van der Waals surface area contributed by atoms with Crippen molar-refractivity contribution in [2.75, 3.05) is 6.61 Å². The van der Waals surface area contributed by atoms with Crippen molar-refractivity contribution in [1.29, 1.82) is 0 Å². The Balaban J connectivity index is 1.00. The van der Waals surface area contributed by atoms with Gasteiger partial charge in [0.15, 0.2) is 6.29 Å². The van der Waals surface area contributed by atoms with Gasteiger partial charge in [0.1, 0.15) is 31.0 Å². The van der Waals surface area contributed by atoms with E-state index in [1.165, 1.54) is 89.0 Å². The van der Waals surface area contributed by atoms with E-state index in [1.807, 2.05) is 0 Å². The zero-order valence-electron chi connectivity index (χ0n) is 40.8. The van der Waals surface area contributed by atoms with Crippen LogP contribution in [0.2, 0.25) is 0 Å². The van der Waals surface area contributed by atoms with Gasteiger partial charge in [0.05, 0.1) is 6.10 Å². The second-order valence-electron chi connectivity index (χ2n) is 21.8. The van der Waals surface area contributed by atoms with Crippen LogP contribution in [0.4, 0.5) is 0 Å². The molecular weight excluding hydrogens is 773 g/mol. The van der Waals surface area contributed by atoms with Crippen molar-refractivity contribution in [2.24, 2.45) is 52.3 Å². The van der Waals surface area contributed by atoms with E-state index in [0.717, 1.165) is 106 Å². The SMILES string of the molecule is CCCCCCC/C=C\C/C=C\CCCCCCCC(=O)OC[C@H]1O[C@@H](O[C@H]2CC[C@@]3(C)C(=CC[C@H]4[C@@H]5CC[C@H]([C@H](C)CC[C@@H](CC)C(C)C)[C@@]5(C)CC[C@@H]43)C2)[C@H](O)[C@@H](O)[C@@H]1O. The van der Waals surface area contributed by atoms with Crippen molar-refractivity contribution in [1.82, 2.24) is 0 Å². The molecule has 0 aromatic heterocycles. The van der Waals surface area contributed by atoms with Crippen LogP contribution in [0.25, 0.3) is 0 Å². The largest absolute Gasteiger partial charge is 0.463 e. The minimum Gasteiger partial charge on any atom is -0.463 e. The number of fused-ring (bicyclic) bond motifs is 5. The topological polar surface area (TPSA) is 105 Å². The highest BCUT2D eigenvalue weighted by molar-refractivity contribution is 5.69. The Morgan fingerprint density at radius 3 is 2.19 bits per heavy atom. The monoisotopic (exact) mass is 867 g/mol. The van der Waals surface area contributed by atoms with Gasteiger partial charge in [-0.2, -0.15) is 0 Å². The summed E-state index contributed by atoms with van der Waals surface area (Å²) in [7, 11) is 0. The minimum atomic E-state index is -1.45. The lowest BCUT2D eigenvalue weighted by atomic mass is 9.47. The molecule has 0 spiro atoms. The van der Waals surface area contributed by atoms with Gasteiger partial charge in [0, 0.05) is 6.42 Å². The van der Waals surface area contributed by atoms with Gasteiger partial charge in [-0.1, -0.05) is 142 Å². The zero-order valence-corrected chi connectivity index (χ0v) is 40.8. The Morgan fingerprint density at radius 2 is 1.50 bits per heavy atom. The highest BCUT2D eigenvalue weighted by atomic mass is 16.7. The lowest BCUT2D eigenvalue weighted by molar-refractivity contribution is -0.313. The fraction of sp³-hybridized carbons (Fsp3) is 0.873. The molecule has 3 N–H and O–H groups in total. The molecule has 7 heteroatoms. The van der Waals surface area contributed by atoms with Crippen LogP contribution in [0, 0.1) is 52.3 Å². The predicted molar refractivity (Wildman–Crippen MR) is 253 cm³/mol. The third kappa shape index (κ3) is 13.5. The number of carbonyl (C=O) groups excluding carboxylic acids is 1. The lowest BCUT2D eigenvalue weighted by Gasteiger charge is -2.58. The second-order valence-corrected chi connectivity index (χ2v) is 21.8. The Bertz CT molecular complexity index is 1410. The molecule has 1 aliphatic heterocycles. The summed E-state index contributed by atoms with van der Waals surface area (Å²) in [5, 5.41) is 32.6. The first-order valence-corrected chi connectivity index (χ1v) is 26.3. The highest BCUT2D eigenvalue weighted by Gasteiger charge is 2.59. The maximum atomic E-state index is 12.6. The molecule has 0 amide bonds. The lowest BCUT2D eigenvalue weighted by Crippen LogP contribution is -2.60. The summed E-state index contributed by atoms with van der Waals surface area (Å²) in [5.41, 5.74) is 2.12. The smallest absolute Gasteiger partial charge is 0.305 e. The van der Waals surface area contributed by atoms with Crippen LogP contribution in [0.1, 0.15) is 209 Å². The Labute approximate surface area is 379 Å². The Morgan fingerprint density at radius 1 is 0.806 bits per heavy atom. The molecule has 5 rings (SSSR count). The first-order valence-electron chi connectivity index (χ1n) is 26.3. The van der Waals surface area contributed by atoms with Gasteiger partial charge >= 0.3 is 5.97 Å². The number of unbranched alkanes of at least 4 members (excludes halogenated alkanes) is 10. The summed E-state index contributed by atoms with van der Waals surface area (Å²) in [5.74, 6) is 5.20. The standard InChI is InChI=1S/C55H94O7/c1-8-10-11-12-13-14-15-16-17-18-19-20-21-22-23-24-25-26-49(56)60-38-48-50(57)51(58)52(59)53(62-48)61-43-33-35-54(6)42(37-43)29-30-44-46-32-31-45(55(46,7)36-34-47(44)54)40(5)27-28-41(9-2)39(3)4/h15-16,18-19,29,39-41,43-48,50-53,57-59H,8-14,17,20-28,30-38H2,1-7H3/b16-15-,19-18-/t40-,41-,43+,44+,45-,46+,47+,48-,50-,51+,52-,53-,54+,55-/m1/s1. The molecule has 0 bridgehead atoms. The molecule has 4 fully saturated rings. The fourth-order valence-electron chi connectivity index (χ4n) is 13.4. The molecule has 5 aliphatic rings. The maximum absolute atomic E-state index is 12.6. The van der Waals surface area contributed by atoms with Gasteiger partial charge < -0.3 is 29.5 Å². The zero-order chi connectivity index (χ0) is 44.7. The van der Waals surface area contributed by atoms with Gasteiger partial charge in [0.2, 0.25) is 0 Å². The molecule has 7 nitrogen and oxygen atoms in total. The number of hydrogen-bond acceptors (Lipinski definition) is 7. The van der Waals surface area contributed by atoms with Crippen LogP contribution in [-0.4, -0.2) is 64.7 Å². The molecule has 3 saturated carbocycles. The number of ether oxygens (including phenoxy) is 3. The summed E-state index contributed by atoms with van der Waals surface area (Å²) < 4.78 is 18.1. The molecule has 0 aromatic carbocycles. The first kappa shape index (κ1) is 51.5. The summed E-state index contributed by atoms with van der Waals surface area (Å²) >= 11 is 0. The van der Waals surface area contributed by atoms with Gasteiger partial charge in [-0.05, 0) is 149 Å². The van der Waals surface area contributed by atoms with E-state index < -0.39 is 30.7 Å². The van der Waals surface area contributed by atoms with Crippen molar-refractivity contribution in [3.05, 3.63) is 36.0 Å². The number of allylic oxidation sites excluding steroid dienone is 5. The van der Waals surface area contributed by atoms with Crippen LogP contribution in [0.3, 0.4) is 0 Å². The number of esters is 1. The van der Waals surface area contributed by atoms with Crippen LogP contribution < -0.4 is 0 Å². The molecule has 1 saturated heterocycles. The minimum absolute atomic E-state index is 0.146. The molecule has 14 atom stereocenters. The van der Waals surface area contributed by atoms with Crippen LogP contribution in [-0.2, 0) is 19.0 Å². The first-order chi connectivity index (χ1) is 29.8. The average molecular weight is 867 g/mol. The quantitative estimate of drug-likeness (QED) is 0.0452. The molecule has 0 radical (unpaired) electrons. The Hall–Kier alpha value is -1.51. The van der Waals surface area contributed by atoms with Gasteiger partial charge in [0.25, 0.3) is 0 Å². The fourth-order valence-corrected chi connectivity index (χ4v) is 13.4. The van der Waals surface area contributed by atoms with Gasteiger partial charge in [-0.15, -0.1) is 0 Å². The van der Waals surface area contributed by atoms with E-state index in [9.17, 15) is 20.1 Å².